The standard InChI is InChI=1S/C20H22N2O2/c1-14-5-9-16(10-6-14)22-18-4-3-13-21(18)19(20(22)23)15-7-11-17(24-2)12-8-15/h5-12,18-19H,3-4,13H2,1-2H3/t18-,19+/m0/s1. The summed E-state index contributed by atoms with van der Waals surface area (Å²) in [4.78, 5) is 17.5. The summed E-state index contributed by atoms with van der Waals surface area (Å²) in [5, 5.41) is 0. The van der Waals surface area contributed by atoms with Gasteiger partial charge in [-0.3, -0.25) is 14.6 Å². The van der Waals surface area contributed by atoms with Crippen molar-refractivity contribution in [3.05, 3.63) is 59.7 Å². The number of fused-ring (bicyclic) bond motifs is 1. The van der Waals surface area contributed by atoms with Gasteiger partial charge in [0.25, 0.3) is 0 Å². The van der Waals surface area contributed by atoms with E-state index in [0.29, 0.717) is 0 Å². The first kappa shape index (κ1) is 15.2. The van der Waals surface area contributed by atoms with Gasteiger partial charge >= 0.3 is 0 Å². The summed E-state index contributed by atoms with van der Waals surface area (Å²) < 4.78 is 5.24. The van der Waals surface area contributed by atoms with Crippen LogP contribution in [0.1, 0.15) is 30.0 Å². The van der Waals surface area contributed by atoms with Crippen LogP contribution in [-0.4, -0.2) is 30.6 Å². The van der Waals surface area contributed by atoms with Gasteiger partial charge in [-0.05, 0) is 49.6 Å². The van der Waals surface area contributed by atoms with Crippen molar-refractivity contribution in [1.29, 1.82) is 0 Å². The Morgan fingerprint density at radius 2 is 1.75 bits per heavy atom. The zero-order valence-corrected chi connectivity index (χ0v) is 14.1. The first-order chi connectivity index (χ1) is 11.7. The second-order valence-electron chi connectivity index (χ2n) is 6.58. The minimum atomic E-state index is -0.190. The Bertz CT molecular complexity index is 739. The number of carbonyl (C=O) groups is 1. The third kappa shape index (κ3) is 2.38. The van der Waals surface area contributed by atoms with Crippen molar-refractivity contribution in [3.63, 3.8) is 0 Å². The highest BCUT2D eigenvalue weighted by molar-refractivity contribution is 6.00. The predicted molar refractivity (Wildman–Crippen MR) is 94.1 cm³/mol. The van der Waals surface area contributed by atoms with Crippen molar-refractivity contribution in [3.8, 4) is 5.75 Å². The summed E-state index contributed by atoms with van der Waals surface area (Å²) in [6.45, 7) is 3.03. The Kier molecular flexibility index (Phi) is 3.77. The van der Waals surface area contributed by atoms with Gasteiger partial charge < -0.3 is 4.74 Å². The van der Waals surface area contributed by atoms with Crippen molar-refractivity contribution >= 4 is 11.6 Å². The number of rotatable bonds is 3. The second-order valence-corrected chi connectivity index (χ2v) is 6.58. The highest BCUT2D eigenvalue weighted by Crippen LogP contribution is 2.41. The van der Waals surface area contributed by atoms with E-state index in [0.717, 1.165) is 36.4 Å². The van der Waals surface area contributed by atoms with Crippen molar-refractivity contribution in [1.82, 2.24) is 4.90 Å². The molecule has 2 saturated heterocycles. The number of nitrogens with zero attached hydrogens (tertiary/aromatic N) is 2. The topological polar surface area (TPSA) is 32.8 Å². The van der Waals surface area contributed by atoms with Gasteiger partial charge in [0.1, 0.15) is 11.8 Å². The van der Waals surface area contributed by atoms with Crippen LogP contribution in [0.25, 0.3) is 0 Å². The first-order valence-corrected chi connectivity index (χ1v) is 8.48. The van der Waals surface area contributed by atoms with Crippen molar-refractivity contribution < 1.29 is 9.53 Å². The van der Waals surface area contributed by atoms with E-state index < -0.39 is 0 Å². The number of aryl methyl sites for hydroxylation is 1. The number of carbonyl (C=O) groups excluding carboxylic acids is 1. The summed E-state index contributed by atoms with van der Waals surface area (Å²) in [5.74, 6) is 0.992. The lowest BCUT2D eigenvalue weighted by molar-refractivity contribution is -0.119. The largest absolute Gasteiger partial charge is 0.497 e. The van der Waals surface area contributed by atoms with Gasteiger partial charge in [-0.25, -0.2) is 0 Å². The normalized spacial score (nSPS) is 23.6. The summed E-state index contributed by atoms with van der Waals surface area (Å²) >= 11 is 0. The molecule has 2 aliphatic heterocycles. The van der Waals surface area contributed by atoms with E-state index in [4.69, 9.17) is 4.74 Å². The molecule has 2 aromatic rings. The SMILES string of the molecule is COc1ccc([C@@H]2C(=O)N(c3ccc(C)cc3)[C@H]3CCCN32)cc1. The van der Waals surface area contributed by atoms with Crippen LogP contribution in [0, 0.1) is 6.92 Å². The van der Waals surface area contributed by atoms with Gasteiger partial charge in [0.05, 0.1) is 13.3 Å². The molecular formula is C20H22N2O2. The second kappa shape index (κ2) is 5.95. The minimum absolute atomic E-state index is 0.173. The third-order valence-corrected chi connectivity index (χ3v) is 5.11. The zero-order valence-electron chi connectivity index (χ0n) is 14.1. The predicted octanol–water partition coefficient (Wildman–Crippen LogP) is 3.51. The number of anilines is 1. The smallest absolute Gasteiger partial charge is 0.250 e. The molecule has 24 heavy (non-hydrogen) atoms. The Morgan fingerprint density at radius 1 is 1.04 bits per heavy atom. The number of benzene rings is 2. The molecule has 4 heteroatoms. The summed E-state index contributed by atoms with van der Waals surface area (Å²) in [5.41, 5.74) is 3.25. The molecule has 1 amide bonds. The Labute approximate surface area is 142 Å². The lowest BCUT2D eigenvalue weighted by atomic mass is 10.1. The molecule has 2 heterocycles. The highest BCUT2D eigenvalue weighted by Gasteiger charge is 2.49. The van der Waals surface area contributed by atoms with Gasteiger partial charge in [-0.15, -0.1) is 0 Å². The lowest BCUT2D eigenvalue weighted by Gasteiger charge is -2.24. The van der Waals surface area contributed by atoms with Crippen LogP contribution in [0.4, 0.5) is 5.69 Å². The van der Waals surface area contributed by atoms with E-state index in [9.17, 15) is 4.79 Å². The summed E-state index contributed by atoms with van der Waals surface area (Å²) in [6, 6.07) is 15.9. The molecule has 0 unspecified atom stereocenters. The van der Waals surface area contributed by atoms with Crippen LogP contribution in [0.15, 0.2) is 48.5 Å². The molecule has 0 N–H and O–H groups in total. The van der Waals surface area contributed by atoms with Crippen LogP contribution < -0.4 is 9.64 Å². The first-order valence-electron chi connectivity index (χ1n) is 8.48. The fourth-order valence-electron chi connectivity index (χ4n) is 3.90. The van der Waals surface area contributed by atoms with Gasteiger partial charge in [0.2, 0.25) is 5.91 Å². The van der Waals surface area contributed by atoms with Gasteiger partial charge in [-0.1, -0.05) is 29.8 Å². The number of methoxy groups -OCH3 is 1. The third-order valence-electron chi connectivity index (χ3n) is 5.11. The molecule has 0 radical (unpaired) electrons. The van der Waals surface area contributed by atoms with Gasteiger partial charge in [0.15, 0.2) is 0 Å². The highest BCUT2D eigenvalue weighted by atomic mass is 16.5. The molecule has 0 spiro atoms. The van der Waals surface area contributed by atoms with Crippen LogP contribution >= 0.6 is 0 Å². The number of hydrogen-bond donors (Lipinski definition) is 0. The van der Waals surface area contributed by atoms with Crippen molar-refractivity contribution in [2.24, 2.45) is 0 Å². The van der Waals surface area contributed by atoms with Gasteiger partial charge in [-0.2, -0.15) is 0 Å². The molecule has 0 bridgehead atoms. The lowest BCUT2D eigenvalue weighted by Crippen LogP contribution is -2.35. The van der Waals surface area contributed by atoms with E-state index in [1.165, 1.54) is 5.56 Å². The summed E-state index contributed by atoms with van der Waals surface area (Å²) in [6.07, 6.45) is 2.34. The van der Waals surface area contributed by atoms with Crippen LogP contribution in [0.2, 0.25) is 0 Å². The number of ether oxygens (including phenoxy) is 1. The van der Waals surface area contributed by atoms with E-state index in [2.05, 4.69) is 36.1 Å². The molecule has 4 nitrogen and oxygen atoms in total. The van der Waals surface area contributed by atoms with E-state index >= 15 is 0 Å². The maximum atomic E-state index is 13.2. The average molecular weight is 322 g/mol. The monoisotopic (exact) mass is 322 g/mol. The number of hydrogen-bond acceptors (Lipinski definition) is 3. The molecule has 0 saturated carbocycles. The average Bonchev–Trinajstić information content (AvgIpc) is 3.16. The molecule has 2 fully saturated rings. The molecule has 0 aliphatic carbocycles. The van der Waals surface area contributed by atoms with Crippen LogP contribution in [-0.2, 0) is 4.79 Å². The maximum Gasteiger partial charge on any atom is 0.250 e. The Hall–Kier alpha value is -2.33. The van der Waals surface area contributed by atoms with Crippen LogP contribution in [0.3, 0.4) is 0 Å². The van der Waals surface area contributed by atoms with Crippen LogP contribution in [0.5, 0.6) is 5.75 Å². The van der Waals surface area contributed by atoms with Gasteiger partial charge in [0, 0.05) is 12.2 Å². The molecule has 2 aromatic carbocycles. The molecule has 2 atom stereocenters. The molecule has 4 rings (SSSR count). The molecule has 124 valence electrons. The van der Waals surface area contributed by atoms with E-state index in [1.54, 1.807) is 7.11 Å². The summed E-state index contributed by atoms with van der Waals surface area (Å²) in [7, 11) is 1.66. The minimum Gasteiger partial charge on any atom is -0.497 e. The molecular weight excluding hydrogens is 300 g/mol. The zero-order chi connectivity index (χ0) is 16.7. The maximum absolute atomic E-state index is 13.2. The number of amides is 1. The fourth-order valence-corrected chi connectivity index (χ4v) is 3.90. The van der Waals surface area contributed by atoms with E-state index in [-0.39, 0.29) is 18.1 Å². The van der Waals surface area contributed by atoms with Crippen molar-refractivity contribution in [2.75, 3.05) is 18.6 Å². The Balaban J connectivity index is 1.70. The van der Waals surface area contributed by atoms with E-state index in [1.807, 2.05) is 29.2 Å². The quantitative estimate of drug-likeness (QED) is 0.867. The molecule has 0 aromatic heterocycles. The molecule has 2 aliphatic rings. The fraction of sp³-hybridized carbons (Fsp3) is 0.350. The Morgan fingerprint density at radius 3 is 2.42 bits per heavy atom. The van der Waals surface area contributed by atoms with Crippen molar-refractivity contribution in [2.45, 2.75) is 32.0 Å².